The van der Waals surface area contributed by atoms with Gasteiger partial charge in [0.05, 0.1) is 0 Å². The highest BCUT2D eigenvalue weighted by Gasteiger charge is 2.20. The predicted octanol–water partition coefficient (Wildman–Crippen LogP) is 0.222. The van der Waals surface area contributed by atoms with Gasteiger partial charge in [-0.3, -0.25) is 0 Å². The van der Waals surface area contributed by atoms with Crippen molar-refractivity contribution in [1.82, 2.24) is 5.32 Å². The molecule has 0 saturated carbocycles. The molecule has 4 heteroatoms. The monoisotopic (exact) mass is 158 g/mol. The average molecular weight is 158 g/mol. The maximum atomic E-state index is 10.4. The van der Waals surface area contributed by atoms with Gasteiger partial charge in [0, 0.05) is 6.04 Å². The maximum absolute atomic E-state index is 10.4. The van der Waals surface area contributed by atoms with Crippen LogP contribution in [0.5, 0.6) is 0 Å². The first-order chi connectivity index (χ1) is 5.18. The number of carbonyl (C=O) groups is 1. The zero-order valence-electron chi connectivity index (χ0n) is 6.67. The molecule has 0 spiro atoms. The Kier molecular flexibility index (Phi) is 2.70. The highest BCUT2D eigenvalue weighted by atomic mass is 16.6. The van der Waals surface area contributed by atoms with E-state index in [1.165, 1.54) is 0 Å². The van der Waals surface area contributed by atoms with Crippen molar-refractivity contribution in [3.63, 3.8) is 0 Å². The van der Waals surface area contributed by atoms with E-state index in [0.29, 0.717) is 6.04 Å². The van der Waals surface area contributed by atoms with Gasteiger partial charge in [0.2, 0.25) is 0 Å². The van der Waals surface area contributed by atoms with Crippen LogP contribution in [0.3, 0.4) is 0 Å². The molecular weight excluding hydrogens is 144 g/mol. The average Bonchev–Trinajstić information content (AvgIpc) is 1.85. The molecule has 0 aliphatic carbocycles. The molecule has 1 saturated heterocycles. The van der Waals surface area contributed by atoms with Gasteiger partial charge in [0.1, 0.15) is 6.10 Å². The number of ether oxygens (including phenoxy) is 1. The first-order valence-electron chi connectivity index (χ1n) is 3.88. The summed E-state index contributed by atoms with van der Waals surface area (Å²) >= 11 is 0. The largest absolute Gasteiger partial charge is 0.446 e. The van der Waals surface area contributed by atoms with E-state index in [-0.39, 0.29) is 6.10 Å². The molecule has 64 valence electrons. The fourth-order valence-electron chi connectivity index (χ4n) is 1.36. The molecule has 0 bridgehead atoms. The molecular formula is C7H14N2O2. The van der Waals surface area contributed by atoms with Crippen molar-refractivity contribution in [2.45, 2.75) is 31.9 Å². The van der Waals surface area contributed by atoms with Crippen molar-refractivity contribution < 1.29 is 9.53 Å². The van der Waals surface area contributed by atoms with E-state index in [9.17, 15) is 4.79 Å². The summed E-state index contributed by atoms with van der Waals surface area (Å²) in [6, 6.07) is 0.424. The minimum absolute atomic E-state index is 0.0174. The minimum Gasteiger partial charge on any atom is -0.446 e. The molecule has 2 atom stereocenters. The highest BCUT2D eigenvalue weighted by Crippen LogP contribution is 2.11. The lowest BCUT2D eigenvalue weighted by Gasteiger charge is -2.26. The van der Waals surface area contributed by atoms with E-state index in [2.05, 4.69) is 12.2 Å². The summed E-state index contributed by atoms with van der Waals surface area (Å²) in [5.74, 6) is 0. The van der Waals surface area contributed by atoms with E-state index in [0.717, 1.165) is 19.4 Å². The van der Waals surface area contributed by atoms with E-state index >= 15 is 0 Å². The highest BCUT2D eigenvalue weighted by molar-refractivity contribution is 5.64. The van der Waals surface area contributed by atoms with E-state index in [1.807, 2.05) is 0 Å². The van der Waals surface area contributed by atoms with Crippen LogP contribution >= 0.6 is 0 Å². The van der Waals surface area contributed by atoms with Crippen LogP contribution in [0.2, 0.25) is 0 Å². The van der Waals surface area contributed by atoms with Crippen LogP contribution in [0.1, 0.15) is 19.8 Å². The summed E-state index contributed by atoms with van der Waals surface area (Å²) in [5.41, 5.74) is 4.89. The summed E-state index contributed by atoms with van der Waals surface area (Å²) in [7, 11) is 0. The lowest BCUT2D eigenvalue weighted by molar-refractivity contribution is 0.0778. The number of primary amides is 1. The zero-order valence-corrected chi connectivity index (χ0v) is 6.67. The van der Waals surface area contributed by atoms with Crippen molar-refractivity contribution in [3.8, 4) is 0 Å². The quantitative estimate of drug-likeness (QED) is 0.574. The smallest absolute Gasteiger partial charge is 0.404 e. The molecule has 1 aliphatic rings. The molecule has 1 aliphatic heterocycles. The Morgan fingerprint density at radius 3 is 3.00 bits per heavy atom. The Bertz CT molecular complexity index is 149. The van der Waals surface area contributed by atoms with Gasteiger partial charge < -0.3 is 15.8 Å². The molecule has 1 fully saturated rings. The predicted molar refractivity (Wildman–Crippen MR) is 41.2 cm³/mol. The Hall–Kier alpha value is -0.770. The summed E-state index contributed by atoms with van der Waals surface area (Å²) in [6.45, 7) is 2.97. The van der Waals surface area contributed by atoms with Crippen LogP contribution < -0.4 is 11.1 Å². The molecule has 1 heterocycles. The third-order valence-electron chi connectivity index (χ3n) is 1.86. The van der Waals surface area contributed by atoms with Crippen LogP contribution in [-0.2, 0) is 4.74 Å². The van der Waals surface area contributed by atoms with Crippen LogP contribution in [0.15, 0.2) is 0 Å². The topological polar surface area (TPSA) is 64.3 Å². The third-order valence-corrected chi connectivity index (χ3v) is 1.86. The Balaban J connectivity index is 2.28. The van der Waals surface area contributed by atoms with Gasteiger partial charge in [-0.2, -0.15) is 0 Å². The van der Waals surface area contributed by atoms with Crippen LogP contribution in [0.25, 0.3) is 0 Å². The number of hydrogen-bond acceptors (Lipinski definition) is 3. The first-order valence-corrected chi connectivity index (χ1v) is 3.88. The molecule has 1 amide bonds. The van der Waals surface area contributed by atoms with Crippen molar-refractivity contribution in [2.24, 2.45) is 5.73 Å². The lowest BCUT2D eigenvalue weighted by atomic mass is 10.0. The van der Waals surface area contributed by atoms with Crippen molar-refractivity contribution in [2.75, 3.05) is 6.54 Å². The molecule has 0 unspecified atom stereocenters. The third kappa shape index (κ3) is 2.76. The van der Waals surface area contributed by atoms with Crippen molar-refractivity contribution in [3.05, 3.63) is 0 Å². The fourth-order valence-corrected chi connectivity index (χ4v) is 1.36. The number of hydrogen-bond donors (Lipinski definition) is 2. The van der Waals surface area contributed by atoms with Gasteiger partial charge in [-0.25, -0.2) is 4.79 Å². The van der Waals surface area contributed by atoms with E-state index < -0.39 is 6.09 Å². The first kappa shape index (κ1) is 8.33. The van der Waals surface area contributed by atoms with Gasteiger partial charge in [0.15, 0.2) is 0 Å². The van der Waals surface area contributed by atoms with Crippen LogP contribution in [0, 0.1) is 0 Å². The van der Waals surface area contributed by atoms with Gasteiger partial charge in [0.25, 0.3) is 0 Å². The van der Waals surface area contributed by atoms with Crippen molar-refractivity contribution >= 4 is 6.09 Å². The Morgan fingerprint density at radius 2 is 2.45 bits per heavy atom. The Labute approximate surface area is 66.1 Å². The summed E-state index contributed by atoms with van der Waals surface area (Å²) in [4.78, 5) is 10.4. The second kappa shape index (κ2) is 3.57. The van der Waals surface area contributed by atoms with Gasteiger partial charge in [-0.05, 0) is 26.3 Å². The second-order valence-electron chi connectivity index (χ2n) is 2.94. The molecule has 4 nitrogen and oxygen atoms in total. The van der Waals surface area contributed by atoms with E-state index in [4.69, 9.17) is 10.5 Å². The number of nitrogens with two attached hydrogens (primary N) is 1. The second-order valence-corrected chi connectivity index (χ2v) is 2.94. The number of amides is 1. The summed E-state index contributed by atoms with van der Waals surface area (Å²) in [5, 5.41) is 3.25. The summed E-state index contributed by atoms with van der Waals surface area (Å²) in [6.07, 6.45) is 1.09. The van der Waals surface area contributed by atoms with Gasteiger partial charge in [-0.15, -0.1) is 0 Å². The number of carbonyl (C=O) groups excluding carboxylic acids is 1. The molecule has 0 aromatic heterocycles. The molecule has 11 heavy (non-hydrogen) atoms. The SMILES string of the molecule is C[C@@H]1C[C@H](OC(N)=O)CCN1. The van der Waals surface area contributed by atoms with Gasteiger partial charge >= 0.3 is 6.09 Å². The number of rotatable bonds is 1. The van der Waals surface area contributed by atoms with Crippen LogP contribution in [0.4, 0.5) is 4.79 Å². The standard InChI is InChI=1S/C7H14N2O2/c1-5-4-6(2-3-9-5)11-7(8)10/h5-6,9H,2-4H2,1H3,(H2,8,10)/t5-,6-/m1/s1. The molecule has 0 radical (unpaired) electrons. The van der Waals surface area contributed by atoms with Gasteiger partial charge in [-0.1, -0.05) is 0 Å². The molecule has 0 aromatic carbocycles. The summed E-state index contributed by atoms with van der Waals surface area (Å²) < 4.78 is 4.86. The molecule has 0 aromatic rings. The fraction of sp³-hybridized carbons (Fsp3) is 0.857. The number of piperidine rings is 1. The van der Waals surface area contributed by atoms with Crippen LogP contribution in [-0.4, -0.2) is 24.8 Å². The van der Waals surface area contributed by atoms with Crippen molar-refractivity contribution in [1.29, 1.82) is 0 Å². The van der Waals surface area contributed by atoms with E-state index in [1.54, 1.807) is 0 Å². The maximum Gasteiger partial charge on any atom is 0.404 e. The number of nitrogens with one attached hydrogen (secondary N) is 1. The normalized spacial score (nSPS) is 31.4. The molecule has 3 N–H and O–H groups in total. The minimum atomic E-state index is -0.663. The lowest BCUT2D eigenvalue weighted by Crippen LogP contribution is -2.40. The Morgan fingerprint density at radius 1 is 1.73 bits per heavy atom. The molecule has 1 rings (SSSR count). The zero-order chi connectivity index (χ0) is 8.27.